The number of amides is 1. The van der Waals surface area contributed by atoms with Gasteiger partial charge in [-0.1, -0.05) is 40.8 Å². The predicted octanol–water partition coefficient (Wildman–Crippen LogP) is 5.85. The molecule has 3 N–H and O–H groups in total. The molecular formula is C25H26FIN6O3. The Hall–Kier alpha value is -3.48. The van der Waals surface area contributed by atoms with E-state index in [9.17, 15) is 4.79 Å². The largest absolute Gasteiger partial charge is 0.457 e. The summed E-state index contributed by atoms with van der Waals surface area (Å²) in [6.45, 7) is 7.18. The molecule has 0 saturated heterocycles. The fourth-order valence-electron chi connectivity index (χ4n) is 3.51. The van der Waals surface area contributed by atoms with Gasteiger partial charge in [0.2, 0.25) is 0 Å². The van der Waals surface area contributed by atoms with Gasteiger partial charge in [0, 0.05) is 11.6 Å². The molecule has 0 aliphatic carbocycles. The number of hydrogen-bond donors (Lipinski definition) is 2. The SMILES string of the molecule is C[C@H](NC(=O)OC(C)(C)C)C(I)n1nc(-c2ccc(Oc3ccccc3)cc2F)c2c(N)ncnc21. The van der Waals surface area contributed by atoms with Crippen LogP contribution in [0.5, 0.6) is 11.5 Å². The van der Waals surface area contributed by atoms with E-state index in [2.05, 4.69) is 43.0 Å². The number of rotatable bonds is 6. The van der Waals surface area contributed by atoms with Gasteiger partial charge in [-0.2, -0.15) is 5.10 Å². The number of carbonyl (C=O) groups is 1. The third-order valence-electron chi connectivity index (χ3n) is 5.08. The highest BCUT2D eigenvalue weighted by Gasteiger charge is 2.27. The van der Waals surface area contributed by atoms with E-state index in [4.69, 9.17) is 15.2 Å². The number of nitrogens with one attached hydrogen (secondary N) is 1. The lowest BCUT2D eigenvalue weighted by molar-refractivity contribution is 0.0504. The molecule has 1 amide bonds. The summed E-state index contributed by atoms with van der Waals surface area (Å²) in [6.07, 6.45) is 0.768. The average molecular weight is 604 g/mol. The molecule has 2 atom stereocenters. The lowest BCUT2D eigenvalue weighted by atomic mass is 10.1. The standard InChI is InChI=1S/C25H26FIN6O3/c1-14(31-24(34)36-25(2,3)4)21(27)33-23-19(22(28)29-13-30-23)20(32-33)17-11-10-16(12-18(17)26)35-15-8-6-5-7-9-15/h5-14,21H,1-4H3,(H,31,34)(H2,28,29,30)/t14-,21?/m0/s1. The number of nitrogens with zero attached hydrogens (tertiary/aromatic N) is 4. The van der Waals surface area contributed by atoms with Gasteiger partial charge in [-0.3, -0.25) is 0 Å². The van der Waals surface area contributed by atoms with Gasteiger partial charge < -0.3 is 20.5 Å². The summed E-state index contributed by atoms with van der Waals surface area (Å²) in [6, 6.07) is 13.2. The van der Waals surface area contributed by atoms with Crippen LogP contribution in [-0.4, -0.2) is 37.5 Å². The number of alkyl carbamates (subject to hydrolysis) is 1. The van der Waals surface area contributed by atoms with Gasteiger partial charge in [0.05, 0.1) is 11.4 Å². The molecule has 2 heterocycles. The van der Waals surface area contributed by atoms with E-state index >= 15 is 4.39 Å². The van der Waals surface area contributed by atoms with Crippen LogP contribution in [0.1, 0.15) is 31.7 Å². The summed E-state index contributed by atoms with van der Waals surface area (Å²) in [5.74, 6) is 0.568. The third kappa shape index (κ3) is 5.66. The molecule has 0 fully saturated rings. The Morgan fingerprint density at radius 1 is 1.14 bits per heavy atom. The van der Waals surface area contributed by atoms with Gasteiger partial charge in [0.1, 0.15) is 44.8 Å². The van der Waals surface area contributed by atoms with Crippen molar-refractivity contribution in [2.75, 3.05) is 5.73 Å². The molecule has 36 heavy (non-hydrogen) atoms. The molecule has 0 bridgehead atoms. The summed E-state index contributed by atoms with van der Waals surface area (Å²) < 4.78 is 27.6. The Bertz CT molecular complexity index is 1390. The Morgan fingerprint density at radius 2 is 1.86 bits per heavy atom. The molecule has 0 spiro atoms. The number of carbonyl (C=O) groups excluding carboxylic acids is 1. The van der Waals surface area contributed by atoms with Crippen LogP contribution in [0.15, 0.2) is 54.9 Å². The number of para-hydroxylation sites is 1. The van der Waals surface area contributed by atoms with Crippen molar-refractivity contribution in [3.05, 3.63) is 60.7 Å². The number of hydrogen-bond acceptors (Lipinski definition) is 7. The second-order valence-electron chi connectivity index (χ2n) is 9.12. The lowest BCUT2D eigenvalue weighted by Gasteiger charge is -2.24. The number of alkyl halides is 1. The van der Waals surface area contributed by atoms with Gasteiger partial charge in [-0.15, -0.1) is 0 Å². The Kier molecular flexibility index (Phi) is 7.29. The summed E-state index contributed by atoms with van der Waals surface area (Å²) >= 11 is 2.14. The van der Waals surface area contributed by atoms with Gasteiger partial charge in [0.15, 0.2) is 5.65 Å². The van der Waals surface area contributed by atoms with Crippen molar-refractivity contribution < 1.29 is 18.7 Å². The van der Waals surface area contributed by atoms with Gasteiger partial charge >= 0.3 is 6.09 Å². The number of nitrogen functional groups attached to an aromatic ring is 1. The first-order valence-electron chi connectivity index (χ1n) is 11.2. The molecule has 11 heteroatoms. The highest BCUT2D eigenvalue weighted by Crippen LogP contribution is 2.36. The summed E-state index contributed by atoms with van der Waals surface area (Å²) in [7, 11) is 0. The lowest BCUT2D eigenvalue weighted by Crippen LogP contribution is -2.40. The van der Waals surface area contributed by atoms with E-state index in [1.54, 1.807) is 49.7 Å². The van der Waals surface area contributed by atoms with Gasteiger partial charge in [-0.05, 0) is 52.0 Å². The topological polar surface area (TPSA) is 117 Å². The molecule has 2 aromatic heterocycles. The normalized spacial score (nSPS) is 13.3. The van der Waals surface area contributed by atoms with Crippen LogP contribution in [0.25, 0.3) is 22.3 Å². The molecule has 0 radical (unpaired) electrons. The maximum Gasteiger partial charge on any atom is 0.407 e. The summed E-state index contributed by atoms with van der Waals surface area (Å²) in [4.78, 5) is 20.7. The number of benzene rings is 2. The fraction of sp³-hybridized carbons (Fsp3) is 0.280. The zero-order chi connectivity index (χ0) is 26.0. The van der Waals surface area contributed by atoms with Crippen molar-refractivity contribution in [2.24, 2.45) is 0 Å². The van der Waals surface area contributed by atoms with E-state index in [-0.39, 0.29) is 17.1 Å². The molecule has 4 aromatic rings. The van der Waals surface area contributed by atoms with E-state index < -0.39 is 27.6 Å². The van der Waals surface area contributed by atoms with Crippen molar-refractivity contribution in [1.82, 2.24) is 25.1 Å². The van der Waals surface area contributed by atoms with Crippen LogP contribution >= 0.6 is 22.6 Å². The minimum atomic E-state index is -0.633. The summed E-state index contributed by atoms with van der Waals surface area (Å²) in [5, 5.41) is 7.88. The molecule has 4 rings (SSSR count). The van der Waals surface area contributed by atoms with Gasteiger partial charge in [0.25, 0.3) is 0 Å². The second-order valence-corrected chi connectivity index (χ2v) is 10.4. The van der Waals surface area contributed by atoms with Crippen molar-refractivity contribution in [2.45, 2.75) is 43.4 Å². The smallest absolute Gasteiger partial charge is 0.407 e. The van der Waals surface area contributed by atoms with Crippen LogP contribution in [-0.2, 0) is 4.74 Å². The number of halogens is 2. The Labute approximate surface area is 221 Å². The van der Waals surface area contributed by atoms with Gasteiger partial charge in [-0.25, -0.2) is 23.8 Å². The van der Waals surface area contributed by atoms with E-state index in [0.29, 0.717) is 22.5 Å². The second kappa shape index (κ2) is 10.2. The fourth-order valence-corrected chi connectivity index (χ4v) is 4.07. The van der Waals surface area contributed by atoms with Crippen molar-refractivity contribution >= 4 is 45.5 Å². The van der Waals surface area contributed by atoms with Crippen LogP contribution < -0.4 is 15.8 Å². The number of aromatic nitrogens is 4. The number of fused-ring (bicyclic) bond motifs is 1. The maximum absolute atomic E-state index is 15.3. The highest BCUT2D eigenvalue weighted by molar-refractivity contribution is 14.1. The summed E-state index contributed by atoms with van der Waals surface area (Å²) in [5.41, 5.74) is 6.46. The van der Waals surface area contributed by atoms with Crippen molar-refractivity contribution in [3.8, 4) is 22.8 Å². The minimum Gasteiger partial charge on any atom is -0.457 e. The van der Waals surface area contributed by atoms with E-state index in [1.807, 2.05) is 25.1 Å². The first kappa shape index (κ1) is 25.6. The molecule has 1 unspecified atom stereocenters. The van der Waals surface area contributed by atoms with Crippen LogP contribution in [0.2, 0.25) is 0 Å². The monoisotopic (exact) mass is 604 g/mol. The Morgan fingerprint density at radius 3 is 2.53 bits per heavy atom. The van der Waals surface area contributed by atoms with Crippen LogP contribution in [0, 0.1) is 5.82 Å². The van der Waals surface area contributed by atoms with Crippen molar-refractivity contribution in [3.63, 3.8) is 0 Å². The molecular weight excluding hydrogens is 578 g/mol. The molecule has 0 saturated carbocycles. The minimum absolute atomic E-state index is 0.168. The predicted molar refractivity (Wildman–Crippen MR) is 144 cm³/mol. The number of nitrogens with two attached hydrogens (primary N) is 1. The zero-order valence-electron chi connectivity index (χ0n) is 20.2. The number of anilines is 1. The molecule has 0 aliphatic heterocycles. The average Bonchev–Trinajstić information content (AvgIpc) is 3.18. The maximum atomic E-state index is 15.3. The molecule has 2 aromatic carbocycles. The third-order valence-corrected chi connectivity index (χ3v) is 6.69. The van der Waals surface area contributed by atoms with E-state index in [0.717, 1.165) is 0 Å². The number of ether oxygens (including phenoxy) is 2. The first-order valence-corrected chi connectivity index (χ1v) is 12.4. The quantitative estimate of drug-likeness (QED) is 0.209. The molecule has 188 valence electrons. The van der Waals surface area contributed by atoms with Crippen LogP contribution in [0.3, 0.4) is 0 Å². The van der Waals surface area contributed by atoms with Crippen LogP contribution in [0.4, 0.5) is 15.0 Å². The Balaban J connectivity index is 1.68. The van der Waals surface area contributed by atoms with Crippen molar-refractivity contribution in [1.29, 1.82) is 0 Å². The zero-order valence-corrected chi connectivity index (χ0v) is 22.4. The molecule has 0 aliphatic rings. The van der Waals surface area contributed by atoms with E-state index in [1.165, 1.54) is 12.4 Å². The molecule has 9 nitrogen and oxygen atoms in total. The first-order chi connectivity index (χ1) is 17.0. The highest BCUT2D eigenvalue weighted by atomic mass is 127.